The quantitative estimate of drug-likeness (QED) is 0.719. The van der Waals surface area contributed by atoms with Crippen molar-refractivity contribution in [2.24, 2.45) is 0 Å². The van der Waals surface area contributed by atoms with Gasteiger partial charge in [0.1, 0.15) is 5.82 Å². The van der Waals surface area contributed by atoms with E-state index >= 15 is 0 Å². The third-order valence-corrected chi connectivity index (χ3v) is 5.23. The molecular formula is C14H20ClFN2O2S. The lowest BCUT2D eigenvalue weighted by atomic mass is 10.2. The van der Waals surface area contributed by atoms with Gasteiger partial charge in [-0.3, -0.25) is 0 Å². The Morgan fingerprint density at radius 3 is 2.71 bits per heavy atom. The number of benzene rings is 1. The van der Waals surface area contributed by atoms with Crippen LogP contribution in [0.3, 0.4) is 0 Å². The average molecular weight is 335 g/mol. The maximum absolute atomic E-state index is 13.8. The zero-order chi connectivity index (χ0) is 15.5. The number of nitrogens with one attached hydrogen (secondary N) is 2. The lowest BCUT2D eigenvalue weighted by molar-refractivity contribution is 0.573. The predicted molar refractivity (Wildman–Crippen MR) is 81.4 cm³/mol. The van der Waals surface area contributed by atoms with Crippen LogP contribution in [0.25, 0.3) is 0 Å². The van der Waals surface area contributed by atoms with Gasteiger partial charge in [0.05, 0.1) is 9.92 Å². The molecule has 1 aliphatic rings. The van der Waals surface area contributed by atoms with Crippen molar-refractivity contribution in [3.05, 3.63) is 28.5 Å². The number of unbranched alkanes of at least 4 members (excludes halogenated alkanes) is 1. The summed E-state index contributed by atoms with van der Waals surface area (Å²) in [5, 5.41) is 3.19. The Morgan fingerprint density at radius 1 is 1.38 bits per heavy atom. The molecule has 0 radical (unpaired) electrons. The van der Waals surface area contributed by atoms with Gasteiger partial charge >= 0.3 is 0 Å². The largest absolute Gasteiger partial charge is 0.310 e. The van der Waals surface area contributed by atoms with Gasteiger partial charge in [-0.05, 0) is 37.0 Å². The van der Waals surface area contributed by atoms with Crippen molar-refractivity contribution < 1.29 is 12.8 Å². The van der Waals surface area contributed by atoms with E-state index in [1.54, 1.807) is 0 Å². The number of halogens is 2. The molecule has 1 saturated carbocycles. The molecule has 7 heteroatoms. The fraction of sp³-hybridized carbons (Fsp3) is 0.571. The van der Waals surface area contributed by atoms with Gasteiger partial charge in [-0.15, -0.1) is 0 Å². The molecule has 0 heterocycles. The predicted octanol–water partition coefficient (Wildman–Crippen LogP) is 2.81. The number of hydrogen-bond acceptors (Lipinski definition) is 3. The summed E-state index contributed by atoms with van der Waals surface area (Å²) in [7, 11) is -3.69. The normalized spacial score (nSPS) is 15.4. The molecule has 0 bridgehead atoms. The zero-order valence-electron chi connectivity index (χ0n) is 12.0. The van der Waals surface area contributed by atoms with Crippen molar-refractivity contribution in [1.82, 2.24) is 10.0 Å². The first-order chi connectivity index (χ1) is 9.94. The molecule has 118 valence electrons. The van der Waals surface area contributed by atoms with Gasteiger partial charge in [0, 0.05) is 19.1 Å². The van der Waals surface area contributed by atoms with Gasteiger partial charge in [0.15, 0.2) is 0 Å². The van der Waals surface area contributed by atoms with Crippen molar-refractivity contribution in [2.75, 3.05) is 6.54 Å². The molecule has 0 spiro atoms. The maximum atomic E-state index is 13.8. The first kappa shape index (κ1) is 16.7. The Kier molecular flexibility index (Phi) is 5.60. The molecule has 1 aromatic carbocycles. The zero-order valence-corrected chi connectivity index (χ0v) is 13.5. The molecule has 1 aromatic rings. The van der Waals surface area contributed by atoms with Crippen LogP contribution in [0, 0.1) is 5.82 Å². The molecule has 0 unspecified atom stereocenters. The highest BCUT2D eigenvalue weighted by atomic mass is 35.5. The van der Waals surface area contributed by atoms with E-state index in [1.165, 1.54) is 6.07 Å². The number of sulfonamides is 1. The fourth-order valence-corrected chi connectivity index (χ4v) is 3.22. The molecule has 2 rings (SSSR count). The van der Waals surface area contributed by atoms with Crippen LogP contribution >= 0.6 is 11.6 Å². The van der Waals surface area contributed by atoms with Gasteiger partial charge in [0.25, 0.3) is 0 Å². The molecule has 0 saturated heterocycles. The highest BCUT2D eigenvalue weighted by molar-refractivity contribution is 7.89. The van der Waals surface area contributed by atoms with Gasteiger partial charge in [0.2, 0.25) is 10.0 Å². The summed E-state index contributed by atoms with van der Waals surface area (Å²) in [4.78, 5) is -0.0758. The minimum absolute atomic E-state index is 0.0179. The summed E-state index contributed by atoms with van der Waals surface area (Å²) in [5.41, 5.74) is 0.472. The molecule has 2 N–H and O–H groups in total. The Hall–Kier alpha value is -0.690. The van der Waals surface area contributed by atoms with Crippen LogP contribution in [0.15, 0.2) is 17.0 Å². The van der Waals surface area contributed by atoms with Crippen molar-refractivity contribution in [1.29, 1.82) is 0 Å². The molecule has 0 aromatic heterocycles. The SMILES string of the molecule is CCCCNS(=O)(=O)c1cc(F)c(Cl)c(CNC2CC2)c1. The summed E-state index contributed by atoms with van der Waals surface area (Å²) in [6, 6.07) is 2.85. The first-order valence-corrected chi connectivity index (χ1v) is 9.01. The molecular weight excluding hydrogens is 315 g/mol. The topological polar surface area (TPSA) is 58.2 Å². The minimum Gasteiger partial charge on any atom is -0.310 e. The second-order valence-corrected chi connectivity index (χ2v) is 7.43. The van der Waals surface area contributed by atoms with Gasteiger partial charge in [-0.2, -0.15) is 0 Å². The van der Waals surface area contributed by atoms with Gasteiger partial charge < -0.3 is 5.32 Å². The Labute approximate surface area is 130 Å². The fourth-order valence-electron chi connectivity index (χ4n) is 1.91. The highest BCUT2D eigenvalue weighted by Gasteiger charge is 2.22. The summed E-state index contributed by atoms with van der Waals surface area (Å²) in [6.45, 7) is 2.69. The van der Waals surface area contributed by atoms with Crippen LogP contribution in [0.1, 0.15) is 38.2 Å². The smallest absolute Gasteiger partial charge is 0.240 e. The lowest BCUT2D eigenvalue weighted by Crippen LogP contribution is -2.25. The van der Waals surface area contributed by atoms with E-state index in [2.05, 4.69) is 10.0 Å². The van der Waals surface area contributed by atoms with Gasteiger partial charge in [-0.25, -0.2) is 17.5 Å². The van der Waals surface area contributed by atoms with Crippen LogP contribution in [0.4, 0.5) is 4.39 Å². The van der Waals surface area contributed by atoms with Crippen molar-refractivity contribution in [3.8, 4) is 0 Å². The standard InChI is InChI=1S/C14H20ClFN2O2S/c1-2-3-6-18-21(19,20)12-7-10(9-17-11-4-5-11)14(15)13(16)8-12/h7-8,11,17-18H,2-6,9H2,1H3. The third kappa shape index (κ3) is 4.64. The van der Waals surface area contributed by atoms with Gasteiger partial charge in [-0.1, -0.05) is 24.9 Å². The summed E-state index contributed by atoms with van der Waals surface area (Å²) in [5.74, 6) is -0.706. The van der Waals surface area contributed by atoms with Crippen LogP contribution in [-0.4, -0.2) is 21.0 Å². The molecule has 21 heavy (non-hydrogen) atoms. The van der Waals surface area contributed by atoms with Crippen molar-refractivity contribution >= 4 is 21.6 Å². The summed E-state index contributed by atoms with van der Waals surface area (Å²) >= 11 is 5.92. The van der Waals surface area contributed by atoms with E-state index in [1.807, 2.05) is 6.92 Å². The summed E-state index contributed by atoms with van der Waals surface area (Å²) < 4.78 is 40.6. The van der Waals surface area contributed by atoms with E-state index < -0.39 is 15.8 Å². The van der Waals surface area contributed by atoms with Crippen molar-refractivity contribution in [3.63, 3.8) is 0 Å². The second kappa shape index (κ2) is 7.05. The Bertz CT molecular complexity index is 603. The third-order valence-electron chi connectivity index (χ3n) is 3.37. The Morgan fingerprint density at radius 2 is 2.10 bits per heavy atom. The van der Waals surface area contributed by atoms with Crippen LogP contribution in [0.2, 0.25) is 5.02 Å². The monoisotopic (exact) mass is 334 g/mol. The minimum atomic E-state index is -3.69. The lowest BCUT2D eigenvalue weighted by Gasteiger charge is -2.11. The number of hydrogen-bond donors (Lipinski definition) is 2. The number of rotatable bonds is 8. The highest BCUT2D eigenvalue weighted by Crippen LogP contribution is 2.26. The van der Waals surface area contributed by atoms with E-state index in [4.69, 9.17) is 11.6 Å². The van der Waals surface area contributed by atoms with E-state index in [0.717, 1.165) is 31.7 Å². The molecule has 0 amide bonds. The molecule has 0 aliphatic heterocycles. The molecule has 4 nitrogen and oxygen atoms in total. The van der Waals surface area contributed by atoms with E-state index in [0.29, 0.717) is 24.7 Å². The van der Waals surface area contributed by atoms with E-state index in [-0.39, 0.29) is 9.92 Å². The second-order valence-electron chi connectivity index (χ2n) is 5.28. The summed E-state index contributed by atoms with van der Waals surface area (Å²) in [6.07, 6.45) is 3.81. The van der Waals surface area contributed by atoms with Crippen molar-refractivity contribution in [2.45, 2.75) is 50.1 Å². The van der Waals surface area contributed by atoms with Crippen LogP contribution in [-0.2, 0) is 16.6 Å². The van der Waals surface area contributed by atoms with Crippen LogP contribution in [0.5, 0.6) is 0 Å². The molecule has 1 aliphatic carbocycles. The average Bonchev–Trinajstić information content (AvgIpc) is 3.24. The maximum Gasteiger partial charge on any atom is 0.240 e. The molecule has 0 atom stereocenters. The Balaban J connectivity index is 2.18. The first-order valence-electron chi connectivity index (χ1n) is 7.15. The van der Waals surface area contributed by atoms with E-state index in [9.17, 15) is 12.8 Å². The van der Waals surface area contributed by atoms with Crippen LogP contribution < -0.4 is 10.0 Å². The molecule has 1 fully saturated rings.